The van der Waals surface area contributed by atoms with Gasteiger partial charge in [0.2, 0.25) is 0 Å². The molecule has 0 spiro atoms. The van der Waals surface area contributed by atoms with Crippen molar-refractivity contribution in [1.82, 2.24) is 15.2 Å². The van der Waals surface area contributed by atoms with E-state index in [1.54, 1.807) is 11.3 Å². The van der Waals surface area contributed by atoms with E-state index in [0.29, 0.717) is 0 Å². The Morgan fingerprint density at radius 1 is 1.20 bits per heavy atom. The fraction of sp³-hybridized carbons (Fsp3) is 0.300. The summed E-state index contributed by atoms with van der Waals surface area (Å²) >= 11 is 1.68. The van der Waals surface area contributed by atoms with Gasteiger partial charge in [0.1, 0.15) is 17.2 Å². The van der Waals surface area contributed by atoms with Crippen LogP contribution >= 0.6 is 11.3 Å². The zero-order valence-corrected chi connectivity index (χ0v) is 9.72. The third-order valence-electron chi connectivity index (χ3n) is 2.07. The van der Waals surface area contributed by atoms with Crippen molar-refractivity contribution in [2.75, 3.05) is 12.4 Å². The molecule has 0 aromatic carbocycles. The van der Waals surface area contributed by atoms with E-state index in [-0.39, 0.29) is 0 Å². The highest BCUT2D eigenvalue weighted by Gasteiger charge is 2.08. The van der Waals surface area contributed by atoms with E-state index in [0.717, 1.165) is 22.2 Å². The van der Waals surface area contributed by atoms with Gasteiger partial charge in [0.25, 0.3) is 0 Å². The molecule has 5 heteroatoms. The minimum absolute atomic E-state index is 0.767. The van der Waals surface area contributed by atoms with Crippen LogP contribution in [-0.4, -0.2) is 22.2 Å². The van der Waals surface area contributed by atoms with Crippen molar-refractivity contribution in [3.63, 3.8) is 0 Å². The zero-order chi connectivity index (χ0) is 10.8. The number of rotatable bonds is 2. The molecule has 0 amide bonds. The smallest absolute Gasteiger partial charge is 0.148 e. The van der Waals surface area contributed by atoms with E-state index in [1.807, 2.05) is 33.0 Å². The quantitative estimate of drug-likeness (QED) is 0.843. The summed E-state index contributed by atoms with van der Waals surface area (Å²) in [7, 11) is 1.82. The first-order valence-electron chi connectivity index (χ1n) is 4.66. The molecule has 0 aliphatic rings. The fourth-order valence-electron chi connectivity index (χ4n) is 1.36. The summed E-state index contributed by atoms with van der Waals surface area (Å²) in [5.74, 6) is 0.767. The van der Waals surface area contributed by atoms with Crippen molar-refractivity contribution < 1.29 is 0 Å². The highest BCUT2D eigenvalue weighted by molar-refractivity contribution is 7.11. The van der Waals surface area contributed by atoms with Crippen molar-refractivity contribution in [3.05, 3.63) is 22.0 Å². The van der Waals surface area contributed by atoms with Gasteiger partial charge in [0.05, 0.1) is 5.01 Å². The van der Waals surface area contributed by atoms with Crippen molar-refractivity contribution >= 4 is 17.2 Å². The Morgan fingerprint density at radius 3 is 2.47 bits per heavy atom. The van der Waals surface area contributed by atoms with Gasteiger partial charge in [0, 0.05) is 11.9 Å². The maximum atomic E-state index is 4.43. The fourth-order valence-corrected chi connectivity index (χ4v) is 2.19. The standard InChI is InChI=1S/C10H12N4S/c1-6-10(12-7(2)15-6)8-4-5-9(11-3)14-13-8/h4-5H,1-3H3,(H,11,14). The van der Waals surface area contributed by atoms with Crippen LogP contribution in [0.1, 0.15) is 9.88 Å². The zero-order valence-electron chi connectivity index (χ0n) is 8.90. The highest BCUT2D eigenvalue weighted by Crippen LogP contribution is 2.25. The number of nitrogens with one attached hydrogen (secondary N) is 1. The van der Waals surface area contributed by atoms with E-state index in [4.69, 9.17) is 0 Å². The summed E-state index contributed by atoms with van der Waals surface area (Å²) in [6, 6.07) is 3.83. The van der Waals surface area contributed by atoms with Crippen molar-refractivity contribution in [1.29, 1.82) is 0 Å². The molecule has 0 aliphatic carbocycles. The lowest BCUT2D eigenvalue weighted by atomic mass is 10.2. The molecule has 0 saturated heterocycles. The average Bonchev–Trinajstić information content (AvgIpc) is 2.58. The number of aryl methyl sites for hydroxylation is 2. The third-order valence-corrected chi connectivity index (χ3v) is 2.95. The molecule has 2 rings (SSSR count). The number of nitrogens with zero attached hydrogens (tertiary/aromatic N) is 3. The number of anilines is 1. The minimum Gasteiger partial charge on any atom is -0.372 e. The predicted molar refractivity (Wildman–Crippen MR) is 62.2 cm³/mol. The number of hydrogen-bond acceptors (Lipinski definition) is 5. The van der Waals surface area contributed by atoms with Crippen LogP contribution in [0.25, 0.3) is 11.4 Å². The molecule has 0 saturated carbocycles. The number of hydrogen-bond donors (Lipinski definition) is 1. The Hall–Kier alpha value is -1.49. The second-order valence-corrected chi connectivity index (χ2v) is 4.60. The predicted octanol–water partition coefficient (Wildman–Crippen LogP) is 2.26. The van der Waals surface area contributed by atoms with Crippen LogP contribution in [-0.2, 0) is 0 Å². The summed E-state index contributed by atoms with van der Waals surface area (Å²) in [4.78, 5) is 5.61. The van der Waals surface area contributed by atoms with Gasteiger partial charge in [-0.3, -0.25) is 0 Å². The van der Waals surface area contributed by atoms with E-state index in [9.17, 15) is 0 Å². The molecular formula is C10H12N4S. The lowest BCUT2D eigenvalue weighted by Gasteiger charge is -1.99. The third kappa shape index (κ3) is 1.97. The first kappa shape index (κ1) is 10.0. The van der Waals surface area contributed by atoms with Gasteiger partial charge in [-0.1, -0.05) is 0 Å². The first-order valence-corrected chi connectivity index (χ1v) is 5.48. The Balaban J connectivity index is 2.41. The van der Waals surface area contributed by atoms with Crippen LogP contribution in [0.5, 0.6) is 0 Å². The molecule has 1 N–H and O–H groups in total. The van der Waals surface area contributed by atoms with Crippen molar-refractivity contribution in [3.8, 4) is 11.4 Å². The monoisotopic (exact) mass is 220 g/mol. The average molecular weight is 220 g/mol. The van der Waals surface area contributed by atoms with Crippen molar-refractivity contribution in [2.24, 2.45) is 0 Å². The normalized spacial score (nSPS) is 10.3. The highest BCUT2D eigenvalue weighted by atomic mass is 32.1. The van der Waals surface area contributed by atoms with Crippen LogP contribution in [0.4, 0.5) is 5.82 Å². The molecule has 2 aromatic rings. The van der Waals surface area contributed by atoms with Gasteiger partial charge in [-0.05, 0) is 26.0 Å². The molecule has 0 fully saturated rings. The van der Waals surface area contributed by atoms with Crippen LogP contribution in [0.15, 0.2) is 12.1 Å². The Labute approximate surface area is 92.4 Å². The van der Waals surface area contributed by atoms with Crippen LogP contribution in [0.3, 0.4) is 0 Å². The summed E-state index contributed by atoms with van der Waals surface area (Å²) in [5.41, 5.74) is 1.77. The lowest BCUT2D eigenvalue weighted by molar-refractivity contribution is 1.03. The van der Waals surface area contributed by atoms with Gasteiger partial charge in [-0.2, -0.15) is 0 Å². The molecule has 2 heterocycles. The topological polar surface area (TPSA) is 50.7 Å². The molecule has 0 radical (unpaired) electrons. The molecule has 0 atom stereocenters. The maximum absolute atomic E-state index is 4.43. The van der Waals surface area contributed by atoms with Gasteiger partial charge in [-0.15, -0.1) is 21.5 Å². The van der Waals surface area contributed by atoms with Crippen LogP contribution in [0, 0.1) is 13.8 Å². The van der Waals surface area contributed by atoms with Gasteiger partial charge >= 0.3 is 0 Å². The summed E-state index contributed by atoms with van der Waals surface area (Å²) < 4.78 is 0. The lowest BCUT2D eigenvalue weighted by Crippen LogP contribution is -1.95. The van der Waals surface area contributed by atoms with Crippen LogP contribution in [0.2, 0.25) is 0 Å². The van der Waals surface area contributed by atoms with E-state index < -0.39 is 0 Å². The van der Waals surface area contributed by atoms with E-state index >= 15 is 0 Å². The molecule has 15 heavy (non-hydrogen) atoms. The first-order chi connectivity index (χ1) is 7.20. The largest absolute Gasteiger partial charge is 0.372 e. The molecule has 0 bridgehead atoms. The van der Waals surface area contributed by atoms with E-state index in [1.165, 1.54) is 4.88 Å². The minimum atomic E-state index is 0.767. The number of aromatic nitrogens is 3. The summed E-state index contributed by atoms with van der Waals surface area (Å²) in [6.07, 6.45) is 0. The molecule has 0 aliphatic heterocycles. The Morgan fingerprint density at radius 2 is 2.00 bits per heavy atom. The maximum Gasteiger partial charge on any atom is 0.148 e. The van der Waals surface area contributed by atoms with E-state index in [2.05, 4.69) is 20.5 Å². The molecular weight excluding hydrogens is 208 g/mol. The summed E-state index contributed by atoms with van der Waals surface area (Å²) in [5, 5.41) is 12.1. The summed E-state index contributed by atoms with van der Waals surface area (Å²) in [6.45, 7) is 4.05. The molecule has 2 aromatic heterocycles. The molecule has 0 unspecified atom stereocenters. The second kappa shape index (κ2) is 3.94. The SMILES string of the molecule is CNc1ccc(-c2nc(C)sc2C)nn1. The second-order valence-electron chi connectivity index (χ2n) is 3.19. The molecule has 4 nitrogen and oxygen atoms in total. The van der Waals surface area contributed by atoms with Crippen molar-refractivity contribution in [2.45, 2.75) is 13.8 Å². The molecule has 78 valence electrons. The van der Waals surface area contributed by atoms with Gasteiger partial charge in [0.15, 0.2) is 0 Å². The van der Waals surface area contributed by atoms with Crippen LogP contribution < -0.4 is 5.32 Å². The van der Waals surface area contributed by atoms with Gasteiger partial charge < -0.3 is 5.32 Å². The Bertz CT molecular complexity index is 461. The number of thiazole rings is 1. The van der Waals surface area contributed by atoms with Gasteiger partial charge in [-0.25, -0.2) is 4.98 Å². The Kier molecular flexibility index (Phi) is 2.64.